The van der Waals surface area contributed by atoms with Gasteiger partial charge in [-0.25, -0.2) is 0 Å². The Morgan fingerprint density at radius 3 is 2.50 bits per heavy atom. The van der Waals surface area contributed by atoms with Crippen LogP contribution in [0.4, 0.5) is 11.4 Å². The molecule has 0 saturated carbocycles. The van der Waals surface area contributed by atoms with E-state index in [9.17, 15) is 10.1 Å². The Morgan fingerprint density at radius 1 is 1.25 bits per heavy atom. The Balaban J connectivity index is 2.81. The number of nitrogens with one attached hydrogen (secondary N) is 2. The number of benzene rings is 1. The molecule has 0 radical (unpaired) electrons. The zero-order valence-corrected chi connectivity index (χ0v) is 12.5. The van der Waals surface area contributed by atoms with E-state index in [1.54, 1.807) is 18.2 Å². The van der Waals surface area contributed by atoms with Crippen molar-refractivity contribution in [3.63, 3.8) is 0 Å². The molecule has 0 aliphatic rings. The van der Waals surface area contributed by atoms with Gasteiger partial charge in [0.05, 0.1) is 11.0 Å². The van der Waals surface area contributed by atoms with Crippen molar-refractivity contribution in [3.8, 4) is 5.75 Å². The fraction of sp³-hybridized carbons (Fsp3) is 0.571. The van der Waals surface area contributed by atoms with Crippen molar-refractivity contribution < 1.29 is 9.66 Å². The number of hydrogen-bond acceptors (Lipinski definition) is 5. The van der Waals surface area contributed by atoms with Crippen LogP contribution in [0.5, 0.6) is 5.75 Å². The molecule has 0 amide bonds. The Morgan fingerprint density at radius 2 is 1.95 bits per heavy atom. The average molecular weight is 281 g/mol. The molecule has 1 rings (SSSR count). The second-order valence-corrected chi connectivity index (χ2v) is 5.11. The Labute approximate surface area is 119 Å². The van der Waals surface area contributed by atoms with Crippen molar-refractivity contribution in [1.82, 2.24) is 5.32 Å². The minimum Gasteiger partial charge on any atom is -0.484 e. The molecule has 1 aromatic carbocycles. The van der Waals surface area contributed by atoms with Crippen molar-refractivity contribution in [1.29, 1.82) is 0 Å². The SMILES string of the molecule is CC(C)NCCNc1cccc(OC(C)C)c1[N+](=O)[O-]. The van der Waals surface area contributed by atoms with Crippen LogP contribution in [0.2, 0.25) is 0 Å². The van der Waals surface area contributed by atoms with Crippen LogP contribution in [0, 0.1) is 10.1 Å². The van der Waals surface area contributed by atoms with E-state index in [-0.39, 0.29) is 11.8 Å². The number of nitro groups is 1. The maximum Gasteiger partial charge on any atom is 0.333 e. The van der Waals surface area contributed by atoms with Gasteiger partial charge in [-0.2, -0.15) is 0 Å². The lowest BCUT2D eigenvalue weighted by Crippen LogP contribution is -2.28. The summed E-state index contributed by atoms with van der Waals surface area (Å²) >= 11 is 0. The largest absolute Gasteiger partial charge is 0.484 e. The molecule has 1 aromatic rings. The van der Waals surface area contributed by atoms with Gasteiger partial charge in [-0.3, -0.25) is 10.1 Å². The summed E-state index contributed by atoms with van der Waals surface area (Å²) in [7, 11) is 0. The molecule has 20 heavy (non-hydrogen) atoms. The van der Waals surface area contributed by atoms with E-state index in [0.29, 0.717) is 24.0 Å². The zero-order valence-electron chi connectivity index (χ0n) is 12.5. The number of rotatable bonds is 8. The van der Waals surface area contributed by atoms with Gasteiger partial charge in [0.15, 0.2) is 5.75 Å². The summed E-state index contributed by atoms with van der Waals surface area (Å²) in [6, 6.07) is 5.46. The summed E-state index contributed by atoms with van der Waals surface area (Å²) in [5.41, 5.74) is 0.476. The van der Waals surface area contributed by atoms with E-state index in [4.69, 9.17) is 4.74 Å². The van der Waals surface area contributed by atoms with E-state index in [0.717, 1.165) is 6.54 Å². The zero-order chi connectivity index (χ0) is 15.1. The third-order valence-electron chi connectivity index (χ3n) is 2.54. The Hall–Kier alpha value is -1.82. The van der Waals surface area contributed by atoms with Crippen molar-refractivity contribution in [3.05, 3.63) is 28.3 Å². The van der Waals surface area contributed by atoms with Gasteiger partial charge in [-0.15, -0.1) is 0 Å². The van der Waals surface area contributed by atoms with Gasteiger partial charge in [-0.05, 0) is 26.0 Å². The van der Waals surface area contributed by atoms with E-state index in [1.165, 1.54) is 0 Å². The van der Waals surface area contributed by atoms with Gasteiger partial charge in [0.1, 0.15) is 5.69 Å². The van der Waals surface area contributed by atoms with Crippen LogP contribution in [-0.2, 0) is 0 Å². The van der Waals surface area contributed by atoms with Crippen LogP contribution in [0.3, 0.4) is 0 Å². The standard InChI is InChI=1S/C14H23N3O3/c1-10(2)15-8-9-16-12-6-5-7-13(20-11(3)4)14(12)17(18)19/h5-7,10-11,15-16H,8-9H2,1-4H3. The van der Waals surface area contributed by atoms with Crippen LogP contribution in [0.25, 0.3) is 0 Å². The topological polar surface area (TPSA) is 76.4 Å². The highest BCUT2D eigenvalue weighted by Crippen LogP contribution is 2.35. The molecule has 0 atom stereocenters. The maximum absolute atomic E-state index is 11.2. The number of para-hydroxylation sites is 1. The van der Waals surface area contributed by atoms with E-state index in [1.807, 2.05) is 13.8 Å². The van der Waals surface area contributed by atoms with Crippen LogP contribution in [0.1, 0.15) is 27.7 Å². The molecule has 0 heterocycles. The molecule has 0 aliphatic carbocycles. The molecule has 0 aliphatic heterocycles. The molecule has 0 spiro atoms. The Kier molecular flexibility index (Phi) is 6.24. The number of hydrogen-bond donors (Lipinski definition) is 2. The first-order chi connectivity index (χ1) is 9.41. The summed E-state index contributed by atoms with van der Waals surface area (Å²) < 4.78 is 5.49. The molecule has 0 aromatic heterocycles. The lowest BCUT2D eigenvalue weighted by atomic mass is 10.2. The van der Waals surface area contributed by atoms with Crippen molar-refractivity contribution in [2.24, 2.45) is 0 Å². The first-order valence-electron chi connectivity index (χ1n) is 6.83. The summed E-state index contributed by atoms with van der Waals surface area (Å²) in [5.74, 6) is 0.298. The van der Waals surface area contributed by atoms with E-state index in [2.05, 4.69) is 24.5 Å². The normalized spacial score (nSPS) is 10.9. The lowest BCUT2D eigenvalue weighted by molar-refractivity contribution is -0.385. The second kappa shape index (κ2) is 7.69. The molecule has 0 bridgehead atoms. The highest BCUT2D eigenvalue weighted by atomic mass is 16.6. The third kappa shape index (κ3) is 5.05. The average Bonchev–Trinajstić information content (AvgIpc) is 2.33. The first kappa shape index (κ1) is 16.2. The number of nitrogens with zero attached hydrogens (tertiary/aromatic N) is 1. The van der Waals surface area contributed by atoms with Crippen LogP contribution < -0.4 is 15.4 Å². The van der Waals surface area contributed by atoms with Crippen LogP contribution >= 0.6 is 0 Å². The summed E-state index contributed by atoms with van der Waals surface area (Å²) in [6.07, 6.45) is -0.105. The maximum atomic E-state index is 11.2. The van der Waals surface area contributed by atoms with Gasteiger partial charge in [-0.1, -0.05) is 19.9 Å². The summed E-state index contributed by atoms with van der Waals surface area (Å²) in [5, 5.41) is 17.6. The van der Waals surface area contributed by atoms with Gasteiger partial charge in [0.25, 0.3) is 0 Å². The highest BCUT2D eigenvalue weighted by molar-refractivity contribution is 5.68. The number of nitro benzene ring substituents is 1. The predicted molar refractivity (Wildman–Crippen MR) is 80.5 cm³/mol. The Bertz CT molecular complexity index is 447. The fourth-order valence-corrected chi connectivity index (χ4v) is 1.76. The highest BCUT2D eigenvalue weighted by Gasteiger charge is 2.21. The molecule has 112 valence electrons. The van der Waals surface area contributed by atoms with Crippen LogP contribution in [-0.4, -0.2) is 30.2 Å². The molecular weight excluding hydrogens is 258 g/mol. The molecule has 6 heteroatoms. The molecule has 0 unspecified atom stereocenters. The third-order valence-corrected chi connectivity index (χ3v) is 2.54. The van der Waals surface area contributed by atoms with E-state index >= 15 is 0 Å². The second-order valence-electron chi connectivity index (χ2n) is 5.11. The smallest absolute Gasteiger partial charge is 0.333 e. The predicted octanol–water partition coefficient (Wildman–Crippen LogP) is 2.79. The van der Waals surface area contributed by atoms with Crippen molar-refractivity contribution in [2.45, 2.75) is 39.8 Å². The minimum atomic E-state index is -0.407. The monoisotopic (exact) mass is 281 g/mol. The molecular formula is C14H23N3O3. The fourth-order valence-electron chi connectivity index (χ4n) is 1.76. The summed E-state index contributed by atoms with van der Waals surface area (Å²) in [4.78, 5) is 10.8. The minimum absolute atomic E-state index is 0.00857. The lowest BCUT2D eigenvalue weighted by Gasteiger charge is -2.14. The van der Waals surface area contributed by atoms with Gasteiger partial charge >= 0.3 is 5.69 Å². The molecule has 6 nitrogen and oxygen atoms in total. The van der Waals surface area contributed by atoms with Crippen LogP contribution in [0.15, 0.2) is 18.2 Å². The molecule has 0 fully saturated rings. The van der Waals surface area contributed by atoms with Crippen molar-refractivity contribution in [2.75, 3.05) is 18.4 Å². The van der Waals surface area contributed by atoms with Gasteiger partial charge < -0.3 is 15.4 Å². The van der Waals surface area contributed by atoms with Gasteiger partial charge in [0, 0.05) is 19.1 Å². The molecule has 0 saturated heterocycles. The quantitative estimate of drug-likeness (QED) is 0.435. The molecule has 2 N–H and O–H groups in total. The number of ether oxygens (including phenoxy) is 1. The van der Waals surface area contributed by atoms with Crippen molar-refractivity contribution >= 4 is 11.4 Å². The summed E-state index contributed by atoms with van der Waals surface area (Å²) in [6.45, 7) is 9.15. The van der Waals surface area contributed by atoms with E-state index < -0.39 is 4.92 Å². The number of anilines is 1. The van der Waals surface area contributed by atoms with Gasteiger partial charge in [0.2, 0.25) is 0 Å². The first-order valence-corrected chi connectivity index (χ1v) is 6.83.